The van der Waals surface area contributed by atoms with Gasteiger partial charge in [-0.25, -0.2) is 17.1 Å². The van der Waals surface area contributed by atoms with Gasteiger partial charge in [0.15, 0.2) is 0 Å². The number of piperazine rings is 1. The second-order valence-corrected chi connectivity index (χ2v) is 12.5. The van der Waals surface area contributed by atoms with Crippen molar-refractivity contribution in [1.29, 1.82) is 0 Å². The van der Waals surface area contributed by atoms with Crippen LogP contribution in [0.25, 0.3) is 0 Å². The van der Waals surface area contributed by atoms with Gasteiger partial charge < -0.3 is 9.80 Å². The molecule has 0 saturated carbocycles. The van der Waals surface area contributed by atoms with Gasteiger partial charge in [0.2, 0.25) is 15.9 Å². The van der Waals surface area contributed by atoms with Gasteiger partial charge in [-0.2, -0.15) is 0 Å². The van der Waals surface area contributed by atoms with Crippen molar-refractivity contribution in [3.8, 4) is 0 Å². The van der Waals surface area contributed by atoms with Crippen LogP contribution in [-0.2, 0) is 14.8 Å². The van der Waals surface area contributed by atoms with Gasteiger partial charge in [-0.3, -0.25) is 4.79 Å². The number of rotatable bonds is 6. The monoisotopic (exact) mass is 535 g/mol. The van der Waals surface area contributed by atoms with Gasteiger partial charge in [-0.15, -0.1) is 0 Å². The maximum atomic E-state index is 15.0. The van der Waals surface area contributed by atoms with E-state index in [0.717, 1.165) is 16.8 Å². The summed E-state index contributed by atoms with van der Waals surface area (Å²) in [5.41, 5.74) is 3.50. The summed E-state index contributed by atoms with van der Waals surface area (Å²) in [5, 5.41) is 0.674. The van der Waals surface area contributed by atoms with Gasteiger partial charge >= 0.3 is 0 Å². The minimum atomic E-state index is -3.46. The molecule has 36 heavy (non-hydrogen) atoms. The number of piperidine rings is 1. The Bertz CT molecular complexity index is 1210. The molecule has 2 unspecified atom stereocenters. The van der Waals surface area contributed by atoms with Gasteiger partial charge in [-0.1, -0.05) is 36.7 Å². The van der Waals surface area contributed by atoms with Crippen molar-refractivity contribution in [3.63, 3.8) is 0 Å². The summed E-state index contributed by atoms with van der Waals surface area (Å²) in [5.74, 6) is -1.36. The van der Waals surface area contributed by atoms with Crippen LogP contribution in [0.15, 0.2) is 36.4 Å². The van der Waals surface area contributed by atoms with E-state index in [1.54, 1.807) is 6.07 Å². The summed E-state index contributed by atoms with van der Waals surface area (Å²) in [6, 6.07) is 10.9. The van der Waals surface area contributed by atoms with E-state index < -0.39 is 15.9 Å². The van der Waals surface area contributed by atoms with Crippen molar-refractivity contribution < 1.29 is 17.6 Å². The molecule has 2 heterocycles. The molecular formula is C27H35ClFN3O3S. The number of sulfonamides is 1. The Morgan fingerprint density at radius 2 is 1.78 bits per heavy atom. The quantitative estimate of drug-likeness (QED) is 0.543. The lowest BCUT2D eigenvalue weighted by atomic mass is 9.79. The lowest BCUT2D eigenvalue weighted by Crippen LogP contribution is -2.55. The molecule has 0 N–H and O–H groups in total. The maximum absolute atomic E-state index is 15.0. The van der Waals surface area contributed by atoms with Crippen LogP contribution in [0.1, 0.15) is 42.4 Å². The highest BCUT2D eigenvalue weighted by molar-refractivity contribution is 7.89. The molecule has 6 nitrogen and oxygen atoms in total. The summed E-state index contributed by atoms with van der Waals surface area (Å²) in [4.78, 5) is 17.9. The molecule has 2 aliphatic rings. The standard InChI is InChI=1S/C27H35ClFN3O3S/c1-4-15-36(34,35)32-10-9-22(23-8-5-19(2)16-25(23)29)24(18-32)27(33)31-13-11-30(12-14-31)26-17-21(28)7-6-20(26)3/h5-8,16-17,22,24H,4,9-15,18H2,1-3H3. The van der Waals surface area contributed by atoms with Crippen molar-refractivity contribution in [2.75, 3.05) is 49.9 Å². The third-order valence-electron chi connectivity index (χ3n) is 7.41. The number of anilines is 1. The van der Waals surface area contributed by atoms with Gasteiger partial charge in [0.25, 0.3) is 0 Å². The molecule has 2 aliphatic heterocycles. The Morgan fingerprint density at radius 1 is 1.06 bits per heavy atom. The summed E-state index contributed by atoms with van der Waals surface area (Å²) in [6.45, 7) is 8.43. The molecule has 4 rings (SSSR count). The minimum Gasteiger partial charge on any atom is -0.368 e. The molecule has 0 spiro atoms. The third-order valence-corrected chi connectivity index (χ3v) is 9.68. The van der Waals surface area contributed by atoms with Crippen LogP contribution in [-0.4, -0.2) is 68.6 Å². The maximum Gasteiger partial charge on any atom is 0.227 e. The van der Waals surface area contributed by atoms with E-state index in [4.69, 9.17) is 11.6 Å². The minimum absolute atomic E-state index is 0.0507. The van der Waals surface area contributed by atoms with Crippen LogP contribution in [0.2, 0.25) is 5.02 Å². The first-order chi connectivity index (χ1) is 17.1. The van der Waals surface area contributed by atoms with Gasteiger partial charge in [0, 0.05) is 55.9 Å². The Labute approximate surface area is 219 Å². The topological polar surface area (TPSA) is 60.9 Å². The molecule has 0 aliphatic carbocycles. The van der Waals surface area contributed by atoms with Crippen molar-refractivity contribution in [1.82, 2.24) is 9.21 Å². The first kappa shape index (κ1) is 26.9. The highest BCUT2D eigenvalue weighted by Crippen LogP contribution is 2.37. The summed E-state index contributed by atoms with van der Waals surface area (Å²) < 4.78 is 42.1. The number of hydrogen-bond donors (Lipinski definition) is 0. The van der Waals surface area contributed by atoms with Gasteiger partial charge in [-0.05, 0) is 61.6 Å². The zero-order valence-electron chi connectivity index (χ0n) is 21.2. The molecule has 2 saturated heterocycles. The second-order valence-electron chi connectivity index (χ2n) is 9.94. The van der Waals surface area contributed by atoms with Crippen LogP contribution in [0.4, 0.5) is 10.1 Å². The van der Waals surface area contributed by atoms with E-state index in [-0.39, 0.29) is 29.9 Å². The lowest BCUT2D eigenvalue weighted by Gasteiger charge is -2.42. The van der Waals surface area contributed by atoms with E-state index >= 15 is 4.39 Å². The third kappa shape index (κ3) is 5.71. The fourth-order valence-corrected chi connectivity index (χ4v) is 7.15. The second kappa shape index (κ2) is 11.1. The van der Waals surface area contributed by atoms with E-state index in [1.807, 2.05) is 49.9 Å². The molecule has 2 aromatic rings. The van der Waals surface area contributed by atoms with Crippen LogP contribution >= 0.6 is 11.6 Å². The zero-order chi connectivity index (χ0) is 26.0. The number of benzene rings is 2. The lowest BCUT2D eigenvalue weighted by molar-refractivity contribution is -0.137. The molecule has 9 heteroatoms. The number of halogens is 2. The number of aryl methyl sites for hydroxylation is 2. The largest absolute Gasteiger partial charge is 0.368 e. The number of nitrogens with zero attached hydrogens (tertiary/aromatic N) is 3. The molecule has 196 valence electrons. The molecule has 0 aromatic heterocycles. The van der Waals surface area contributed by atoms with Crippen LogP contribution in [0.3, 0.4) is 0 Å². The van der Waals surface area contributed by atoms with Gasteiger partial charge in [0.1, 0.15) is 5.82 Å². The number of carbonyl (C=O) groups excluding carboxylic acids is 1. The average molecular weight is 536 g/mol. The van der Waals surface area contributed by atoms with Crippen LogP contribution in [0, 0.1) is 25.6 Å². The normalized spacial score (nSPS) is 21.6. The Hall–Kier alpha value is -2.16. The van der Waals surface area contributed by atoms with Crippen LogP contribution < -0.4 is 4.90 Å². The van der Waals surface area contributed by atoms with Gasteiger partial charge in [0.05, 0.1) is 11.7 Å². The molecule has 2 aromatic carbocycles. The average Bonchev–Trinajstić information content (AvgIpc) is 2.85. The van der Waals surface area contributed by atoms with E-state index in [0.29, 0.717) is 56.2 Å². The van der Waals surface area contributed by atoms with E-state index in [2.05, 4.69) is 4.90 Å². The first-order valence-electron chi connectivity index (χ1n) is 12.6. The Balaban J connectivity index is 1.56. The Morgan fingerprint density at radius 3 is 2.44 bits per heavy atom. The number of carbonyl (C=O) groups is 1. The van der Waals surface area contributed by atoms with E-state index in [1.165, 1.54) is 10.4 Å². The van der Waals surface area contributed by atoms with Crippen molar-refractivity contribution in [3.05, 3.63) is 63.9 Å². The zero-order valence-corrected chi connectivity index (χ0v) is 22.8. The molecule has 0 bridgehead atoms. The summed E-state index contributed by atoms with van der Waals surface area (Å²) in [6.07, 6.45) is 0.930. The molecule has 0 radical (unpaired) electrons. The Kier molecular flexibility index (Phi) is 8.27. The van der Waals surface area contributed by atoms with Crippen molar-refractivity contribution >= 4 is 33.2 Å². The molecule has 2 fully saturated rings. The predicted octanol–water partition coefficient (Wildman–Crippen LogP) is 4.59. The predicted molar refractivity (Wildman–Crippen MR) is 143 cm³/mol. The molecule has 2 atom stereocenters. The van der Waals surface area contributed by atoms with Crippen LogP contribution in [0.5, 0.6) is 0 Å². The fourth-order valence-electron chi connectivity index (χ4n) is 5.44. The van der Waals surface area contributed by atoms with Crippen molar-refractivity contribution in [2.45, 2.75) is 39.5 Å². The van der Waals surface area contributed by atoms with E-state index in [9.17, 15) is 13.2 Å². The number of hydrogen-bond acceptors (Lipinski definition) is 4. The summed E-state index contributed by atoms with van der Waals surface area (Å²) in [7, 11) is -3.46. The fraction of sp³-hybridized carbons (Fsp3) is 0.519. The van der Waals surface area contributed by atoms with Crippen molar-refractivity contribution in [2.24, 2.45) is 5.92 Å². The first-order valence-corrected chi connectivity index (χ1v) is 14.6. The highest BCUT2D eigenvalue weighted by atomic mass is 35.5. The molecule has 1 amide bonds. The number of amides is 1. The highest BCUT2D eigenvalue weighted by Gasteiger charge is 2.42. The smallest absolute Gasteiger partial charge is 0.227 e. The molecular weight excluding hydrogens is 501 g/mol. The summed E-state index contributed by atoms with van der Waals surface area (Å²) >= 11 is 6.21. The SMILES string of the molecule is CCCS(=O)(=O)N1CCC(c2ccc(C)cc2F)C(C(=O)N2CCN(c3cc(Cl)ccc3C)CC2)C1.